The SMILES string of the molecule is CC(C)(CCl)C(=O)N1CC=C(c2ccccc2)CC1. The van der Waals surface area contributed by atoms with Crippen LogP contribution in [0.4, 0.5) is 0 Å². The Morgan fingerprint density at radius 2 is 2.00 bits per heavy atom. The zero-order chi connectivity index (χ0) is 13.9. The van der Waals surface area contributed by atoms with E-state index < -0.39 is 5.41 Å². The lowest BCUT2D eigenvalue weighted by Crippen LogP contribution is -2.43. The highest BCUT2D eigenvalue weighted by Gasteiger charge is 2.31. The molecule has 0 aliphatic carbocycles. The Kier molecular flexibility index (Phi) is 4.31. The number of carbonyl (C=O) groups is 1. The Morgan fingerprint density at radius 3 is 2.53 bits per heavy atom. The average Bonchev–Trinajstić information content (AvgIpc) is 2.47. The zero-order valence-electron chi connectivity index (χ0n) is 11.5. The van der Waals surface area contributed by atoms with Gasteiger partial charge in [-0.05, 0) is 31.4 Å². The number of nitrogens with zero attached hydrogens (tertiary/aromatic N) is 1. The second-order valence-electron chi connectivity index (χ2n) is 5.61. The molecule has 0 aromatic heterocycles. The molecule has 0 saturated heterocycles. The van der Waals surface area contributed by atoms with Crippen molar-refractivity contribution < 1.29 is 4.79 Å². The van der Waals surface area contributed by atoms with E-state index in [2.05, 4.69) is 18.2 Å². The molecule has 2 rings (SSSR count). The highest BCUT2D eigenvalue weighted by atomic mass is 35.5. The summed E-state index contributed by atoms with van der Waals surface area (Å²) in [5.41, 5.74) is 2.11. The van der Waals surface area contributed by atoms with Gasteiger partial charge >= 0.3 is 0 Å². The molecular formula is C16H20ClNO. The summed E-state index contributed by atoms with van der Waals surface area (Å²) < 4.78 is 0. The van der Waals surface area contributed by atoms with Crippen LogP contribution in [0.1, 0.15) is 25.8 Å². The maximum Gasteiger partial charge on any atom is 0.229 e. The Balaban J connectivity index is 2.06. The van der Waals surface area contributed by atoms with Crippen LogP contribution in [0.15, 0.2) is 36.4 Å². The quantitative estimate of drug-likeness (QED) is 0.774. The van der Waals surface area contributed by atoms with E-state index in [-0.39, 0.29) is 5.91 Å². The van der Waals surface area contributed by atoms with Gasteiger partial charge in [0.1, 0.15) is 0 Å². The molecular weight excluding hydrogens is 258 g/mol. The molecule has 0 radical (unpaired) electrons. The molecule has 1 aromatic carbocycles. The molecule has 0 fully saturated rings. The Bertz CT molecular complexity index is 479. The summed E-state index contributed by atoms with van der Waals surface area (Å²) in [6, 6.07) is 10.3. The second kappa shape index (κ2) is 5.79. The lowest BCUT2D eigenvalue weighted by atomic mass is 9.92. The van der Waals surface area contributed by atoms with E-state index in [1.54, 1.807) is 0 Å². The molecule has 0 unspecified atom stereocenters. The summed E-state index contributed by atoms with van der Waals surface area (Å²) in [6.07, 6.45) is 3.06. The van der Waals surface area contributed by atoms with Gasteiger partial charge in [0, 0.05) is 19.0 Å². The molecule has 19 heavy (non-hydrogen) atoms. The van der Waals surface area contributed by atoms with Gasteiger partial charge in [0.25, 0.3) is 0 Å². The Morgan fingerprint density at radius 1 is 1.32 bits per heavy atom. The monoisotopic (exact) mass is 277 g/mol. The summed E-state index contributed by atoms with van der Waals surface area (Å²) in [7, 11) is 0. The normalized spacial score (nSPS) is 16.2. The molecule has 3 heteroatoms. The van der Waals surface area contributed by atoms with Crippen LogP contribution in [0.5, 0.6) is 0 Å². The minimum Gasteiger partial charge on any atom is -0.338 e. The zero-order valence-corrected chi connectivity index (χ0v) is 12.3. The fourth-order valence-corrected chi connectivity index (χ4v) is 2.37. The number of rotatable bonds is 3. The van der Waals surface area contributed by atoms with Gasteiger partial charge in [-0.2, -0.15) is 0 Å². The number of hydrogen-bond donors (Lipinski definition) is 0. The van der Waals surface area contributed by atoms with Crippen molar-refractivity contribution in [3.05, 3.63) is 42.0 Å². The molecule has 1 amide bonds. The van der Waals surface area contributed by atoms with Crippen molar-refractivity contribution in [1.29, 1.82) is 0 Å². The molecule has 1 aliphatic heterocycles. The third kappa shape index (κ3) is 3.19. The highest BCUT2D eigenvalue weighted by molar-refractivity contribution is 6.19. The van der Waals surface area contributed by atoms with Crippen molar-refractivity contribution in [2.45, 2.75) is 20.3 Å². The first-order chi connectivity index (χ1) is 9.04. The first kappa shape index (κ1) is 14.1. The first-order valence-corrected chi connectivity index (χ1v) is 7.18. The average molecular weight is 278 g/mol. The lowest BCUT2D eigenvalue weighted by molar-refractivity contribution is -0.138. The number of amides is 1. The Labute approximate surface area is 120 Å². The van der Waals surface area contributed by atoms with Gasteiger partial charge in [0.2, 0.25) is 5.91 Å². The van der Waals surface area contributed by atoms with Crippen molar-refractivity contribution in [2.24, 2.45) is 5.41 Å². The molecule has 1 heterocycles. The standard InChI is InChI=1S/C16H20ClNO/c1-16(2,12-17)15(19)18-10-8-14(9-11-18)13-6-4-3-5-7-13/h3-8H,9-12H2,1-2H3. The number of carbonyl (C=O) groups excluding carboxylic acids is 1. The van der Waals surface area contributed by atoms with Gasteiger partial charge in [-0.15, -0.1) is 11.6 Å². The van der Waals surface area contributed by atoms with E-state index in [4.69, 9.17) is 11.6 Å². The van der Waals surface area contributed by atoms with Gasteiger partial charge < -0.3 is 4.90 Å². The van der Waals surface area contributed by atoms with E-state index in [9.17, 15) is 4.79 Å². The number of benzene rings is 1. The van der Waals surface area contributed by atoms with Gasteiger partial charge in [0.05, 0.1) is 5.41 Å². The molecule has 0 N–H and O–H groups in total. The van der Waals surface area contributed by atoms with E-state index in [1.807, 2.05) is 36.9 Å². The van der Waals surface area contributed by atoms with E-state index in [1.165, 1.54) is 11.1 Å². The van der Waals surface area contributed by atoms with Gasteiger partial charge in [0.15, 0.2) is 0 Å². The predicted molar refractivity (Wildman–Crippen MR) is 80.1 cm³/mol. The molecule has 0 atom stereocenters. The first-order valence-electron chi connectivity index (χ1n) is 6.64. The Hall–Kier alpha value is -1.28. The maximum atomic E-state index is 12.3. The van der Waals surface area contributed by atoms with Crippen LogP contribution in [0.2, 0.25) is 0 Å². The molecule has 2 nitrogen and oxygen atoms in total. The molecule has 0 bridgehead atoms. The van der Waals surface area contributed by atoms with Crippen molar-refractivity contribution >= 4 is 23.1 Å². The fraction of sp³-hybridized carbons (Fsp3) is 0.438. The third-order valence-corrected chi connectivity index (χ3v) is 4.22. The summed E-state index contributed by atoms with van der Waals surface area (Å²) in [5.74, 6) is 0.503. The van der Waals surface area contributed by atoms with Crippen LogP contribution in [0.3, 0.4) is 0 Å². The molecule has 102 valence electrons. The highest BCUT2D eigenvalue weighted by Crippen LogP contribution is 2.26. The largest absolute Gasteiger partial charge is 0.338 e. The maximum absolute atomic E-state index is 12.3. The van der Waals surface area contributed by atoms with Gasteiger partial charge in [-0.25, -0.2) is 0 Å². The molecule has 0 spiro atoms. The van der Waals surface area contributed by atoms with Crippen molar-refractivity contribution in [3.63, 3.8) is 0 Å². The summed E-state index contributed by atoms with van der Waals surface area (Å²) >= 11 is 5.87. The van der Waals surface area contributed by atoms with Crippen LogP contribution in [-0.2, 0) is 4.79 Å². The second-order valence-corrected chi connectivity index (χ2v) is 5.88. The number of alkyl halides is 1. The minimum absolute atomic E-state index is 0.144. The van der Waals surface area contributed by atoms with Crippen LogP contribution in [0, 0.1) is 5.41 Å². The summed E-state index contributed by atoms with van der Waals surface area (Å²) in [5, 5.41) is 0. The summed E-state index contributed by atoms with van der Waals surface area (Å²) in [4.78, 5) is 14.2. The molecule has 0 saturated carbocycles. The summed E-state index contributed by atoms with van der Waals surface area (Å²) in [6.45, 7) is 5.26. The van der Waals surface area contributed by atoms with E-state index >= 15 is 0 Å². The van der Waals surface area contributed by atoms with E-state index in [0.717, 1.165) is 13.0 Å². The number of hydrogen-bond acceptors (Lipinski definition) is 1. The van der Waals surface area contributed by atoms with Crippen molar-refractivity contribution in [3.8, 4) is 0 Å². The van der Waals surface area contributed by atoms with Crippen LogP contribution >= 0.6 is 11.6 Å². The van der Waals surface area contributed by atoms with Gasteiger partial charge in [-0.1, -0.05) is 36.4 Å². The smallest absolute Gasteiger partial charge is 0.229 e. The lowest BCUT2D eigenvalue weighted by Gasteiger charge is -2.33. The van der Waals surface area contributed by atoms with Crippen molar-refractivity contribution in [2.75, 3.05) is 19.0 Å². The topological polar surface area (TPSA) is 20.3 Å². The minimum atomic E-state index is -0.473. The van der Waals surface area contributed by atoms with Crippen molar-refractivity contribution in [1.82, 2.24) is 4.90 Å². The van der Waals surface area contributed by atoms with Crippen LogP contribution in [0.25, 0.3) is 5.57 Å². The fourth-order valence-electron chi connectivity index (χ4n) is 2.25. The van der Waals surface area contributed by atoms with Crippen LogP contribution in [-0.4, -0.2) is 29.8 Å². The number of halogens is 1. The molecule has 1 aromatic rings. The van der Waals surface area contributed by atoms with Gasteiger partial charge in [-0.3, -0.25) is 4.79 Å². The predicted octanol–water partition coefficient (Wildman–Crippen LogP) is 3.57. The van der Waals surface area contributed by atoms with E-state index in [0.29, 0.717) is 12.4 Å². The third-order valence-electron chi connectivity index (χ3n) is 3.55. The van der Waals surface area contributed by atoms with Crippen LogP contribution < -0.4 is 0 Å². The molecule has 1 aliphatic rings.